The maximum Gasteiger partial charge on any atom is 0.316 e. The average Bonchev–Trinajstić information content (AvgIpc) is 2.47. The largest absolute Gasteiger partial charge is 0.351 e. The molecule has 2 aromatic carbocycles. The van der Waals surface area contributed by atoms with Crippen LogP contribution in [0.4, 0.5) is 21.9 Å². The molecule has 0 saturated heterocycles. The van der Waals surface area contributed by atoms with Crippen LogP contribution < -0.4 is 16.0 Å². The molecule has 0 radical (unpaired) electrons. The Balaban J connectivity index is 2.04. The highest BCUT2D eigenvalue weighted by Crippen LogP contribution is 2.37. The second-order valence-electron chi connectivity index (χ2n) is 4.89. The summed E-state index contributed by atoms with van der Waals surface area (Å²) in [5, 5.41) is 2.70. The van der Waals surface area contributed by atoms with E-state index in [-0.39, 0.29) is 0 Å². The lowest BCUT2D eigenvalue weighted by Crippen LogP contribution is -2.27. The van der Waals surface area contributed by atoms with Gasteiger partial charge in [-0.1, -0.05) is 30.3 Å². The lowest BCUT2D eigenvalue weighted by molar-refractivity contribution is 0.259. The highest BCUT2D eigenvalue weighted by Gasteiger charge is 2.19. The van der Waals surface area contributed by atoms with E-state index >= 15 is 0 Å². The maximum atomic E-state index is 11.1. The second kappa shape index (κ2) is 5.25. The van der Waals surface area contributed by atoms with Gasteiger partial charge in [0, 0.05) is 12.2 Å². The standard InChI is InChI=1S/C16H17N3O/c17-16(20)18-13-8-2-4-10-15(13)19-11-5-7-12-6-1-3-9-14(12)19/h1-4,6,8-10H,5,7,11H2,(H3,17,18,20). The van der Waals surface area contributed by atoms with Crippen LogP contribution in [0, 0.1) is 0 Å². The number of primary amides is 1. The van der Waals surface area contributed by atoms with Crippen LogP contribution in [0.15, 0.2) is 48.5 Å². The molecule has 2 aromatic rings. The lowest BCUT2D eigenvalue weighted by atomic mass is 10.0. The molecule has 1 heterocycles. The van der Waals surface area contributed by atoms with Crippen LogP contribution >= 0.6 is 0 Å². The third-order valence-corrected chi connectivity index (χ3v) is 3.56. The van der Waals surface area contributed by atoms with Crippen molar-refractivity contribution >= 4 is 23.1 Å². The topological polar surface area (TPSA) is 58.4 Å². The monoisotopic (exact) mass is 267 g/mol. The first-order chi connectivity index (χ1) is 9.75. The number of aryl methyl sites for hydroxylation is 1. The molecule has 0 saturated carbocycles. The third-order valence-electron chi connectivity index (χ3n) is 3.56. The predicted molar refractivity (Wildman–Crippen MR) is 81.4 cm³/mol. The Hall–Kier alpha value is -2.49. The number of hydrogen-bond donors (Lipinski definition) is 2. The molecule has 0 aromatic heterocycles. The van der Waals surface area contributed by atoms with Gasteiger partial charge < -0.3 is 16.0 Å². The fraction of sp³-hybridized carbons (Fsp3) is 0.188. The van der Waals surface area contributed by atoms with Gasteiger partial charge in [-0.3, -0.25) is 0 Å². The summed E-state index contributed by atoms with van der Waals surface area (Å²) in [5.41, 5.74) is 9.53. The molecule has 2 amide bonds. The fourth-order valence-corrected chi connectivity index (χ4v) is 2.73. The molecule has 102 valence electrons. The van der Waals surface area contributed by atoms with Gasteiger partial charge in [0.1, 0.15) is 0 Å². The molecule has 0 fully saturated rings. The Kier molecular flexibility index (Phi) is 3.29. The minimum Gasteiger partial charge on any atom is -0.351 e. The molecular weight excluding hydrogens is 250 g/mol. The van der Waals surface area contributed by atoms with E-state index in [2.05, 4.69) is 28.4 Å². The van der Waals surface area contributed by atoms with Crippen molar-refractivity contribution in [2.24, 2.45) is 5.73 Å². The SMILES string of the molecule is NC(=O)Nc1ccccc1N1CCCc2ccccc21. The highest BCUT2D eigenvalue weighted by atomic mass is 16.2. The molecular formula is C16H17N3O. The molecule has 0 aliphatic carbocycles. The van der Waals surface area contributed by atoms with Crippen molar-refractivity contribution in [3.8, 4) is 0 Å². The number of anilines is 3. The van der Waals surface area contributed by atoms with Gasteiger partial charge in [0.05, 0.1) is 11.4 Å². The van der Waals surface area contributed by atoms with Crippen molar-refractivity contribution in [1.29, 1.82) is 0 Å². The van der Waals surface area contributed by atoms with Gasteiger partial charge in [-0.2, -0.15) is 0 Å². The van der Waals surface area contributed by atoms with Crippen molar-refractivity contribution in [3.63, 3.8) is 0 Å². The zero-order valence-corrected chi connectivity index (χ0v) is 11.2. The molecule has 4 nitrogen and oxygen atoms in total. The van der Waals surface area contributed by atoms with Gasteiger partial charge in [0.2, 0.25) is 0 Å². The summed E-state index contributed by atoms with van der Waals surface area (Å²) in [4.78, 5) is 13.4. The summed E-state index contributed by atoms with van der Waals surface area (Å²) in [7, 11) is 0. The summed E-state index contributed by atoms with van der Waals surface area (Å²) in [6, 6.07) is 15.6. The molecule has 0 unspecified atom stereocenters. The summed E-state index contributed by atoms with van der Waals surface area (Å²) >= 11 is 0. The average molecular weight is 267 g/mol. The third kappa shape index (κ3) is 2.32. The number of nitrogens with zero attached hydrogens (tertiary/aromatic N) is 1. The number of carbonyl (C=O) groups excluding carboxylic acids is 1. The van der Waals surface area contributed by atoms with Gasteiger partial charge in [0.25, 0.3) is 0 Å². The van der Waals surface area contributed by atoms with Gasteiger partial charge in [0.15, 0.2) is 0 Å². The Morgan fingerprint density at radius 3 is 2.55 bits per heavy atom. The van der Waals surface area contributed by atoms with Crippen LogP contribution in [0.1, 0.15) is 12.0 Å². The molecule has 4 heteroatoms. The van der Waals surface area contributed by atoms with Gasteiger partial charge >= 0.3 is 6.03 Å². The molecule has 3 N–H and O–H groups in total. The highest BCUT2D eigenvalue weighted by molar-refractivity contribution is 5.93. The van der Waals surface area contributed by atoms with Gasteiger partial charge in [-0.25, -0.2) is 4.79 Å². The number of amides is 2. The first-order valence-electron chi connectivity index (χ1n) is 6.76. The van der Waals surface area contributed by atoms with E-state index in [4.69, 9.17) is 5.73 Å². The number of para-hydroxylation sites is 3. The van der Waals surface area contributed by atoms with Crippen LogP contribution in [-0.4, -0.2) is 12.6 Å². The van der Waals surface area contributed by atoms with Crippen LogP contribution in [0.2, 0.25) is 0 Å². The molecule has 20 heavy (non-hydrogen) atoms. The van der Waals surface area contributed by atoms with E-state index in [0.29, 0.717) is 0 Å². The van der Waals surface area contributed by atoms with Crippen molar-refractivity contribution in [1.82, 2.24) is 0 Å². The number of carbonyl (C=O) groups is 1. The Labute approximate surface area is 118 Å². The van der Waals surface area contributed by atoms with Gasteiger partial charge in [-0.05, 0) is 36.6 Å². The minimum atomic E-state index is -0.539. The van der Waals surface area contributed by atoms with Crippen molar-refractivity contribution in [2.45, 2.75) is 12.8 Å². The summed E-state index contributed by atoms with van der Waals surface area (Å²) in [5.74, 6) is 0. The van der Waals surface area contributed by atoms with Crippen LogP contribution in [0.25, 0.3) is 0 Å². The minimum absolute atomic E-state index is 0.539. The van der Waals surface area contributed by atoms with E-state index in [9.17, 15) is 4.79 Å². The number of urea groups is 1. The van der Waals surface area contributed by atoms with Crippen LogP contribution in [-0.2, 0) is 6.42 Å². The predicted octanol–water partition coefficient (Wildman–Crippen LogP) is 3.26. The van der Waals surface area contributed by atoms with Crippen molar-refractivity contribution in [2.75, 3.05) is 16.8 Å². The van der Waals surface area contributed by atoms with E-state index in [1.165, 1.54) is 11.3 Å². The molecule has 1 aliphatic heterocycles. The maximum absolute atomic E-state index is 11.1. The number of benzene rings is 2. The van der Waals surface area contributed by atoms with E-state index in [1.807, 2.05) is 30.3 Å². The first-order valence-corrected chi connectivity index (χ1v) is 6.76. The number of rotatable bonds is 2. The molecule has 0 bridgehead atoms. The Bertz CT molecular complexity index is 639. The molecule has 1 aliphatic rings. The zero-order valence-electron chi connectivity index (χ0n) is 11.2. The van der Waals surface area contributed by atoms with E-state index < -0.39 is 6.03 Å². The second-order valence-corrected chi connectivity index (χ2v) is 4.89. The zero-order chi connectivity index (χ0) is 13.9. The fourth-order valence-electron chi connectivity index (χ4n) is 2.73. The van der Waals surface area contributed by atoms with Crippen molar-refractivity contribution in [3.05, 3.63) is 54.1 Å². The van der Waals surface area contributed by atoms with Crippen molar-refractivity contribution < 1.29 is 4.79 Å². The quantitative estimate of drug-likeness (QED) is 0.877. The summed E-state index contributed by atoms with van der Waals surface area (Å²) < 4.78 is 0. The normalized spacial score (nSPS) is 13.7. The number of nitrogens with one attached hydrogen (secondary N) is 1. The number of fused-ring (bicyclic) bond motifs is 1. The summed E-state index contributed by atoms with van der Waals surface area (Å²) in [6.07, 6.45) is 2.19. The smallest absolute Gasteiger partial charge is 0.316 e. The number of hydrogen-bond acceptors (Lipinski definition) is 2. The van der Waals surface area contributed by atoms with E-state index in [1.54, 1.807) is 0 Å². The molecule has 0 atom stereocenters. The first kappa shape index (κ1) is 12.5. The van der Waals surface area contributed by atoms with Crippen LogP contribution in [0.3, 0.4) is 0 Å². The van der Waals surface area contributed by atoms with E-state index in [0.717, 1.165) is 30.8 Å². The molecule has 3 rings (SSSR count). The lowest BCUT2D eigenvalue weighted by Gasteiger charge is -2.32. The van der Waals surface area contributed by atoms with Gasteiger partial charge in [-0.15, -0.1) is 0 Å². The van der Waals surface area contributed by atoms with Crippen LogP contribution in [0.5, 0.6) is 0 Å². The molecule has 0 spiro atoms. The Morgan fingerprint density at radius 2 is 1.75 bits per heavy atom. The summed E-state index contributed by atoms with van der Waals surface area (Å²) in [6.45, 7) is 0.939. The Morgan fingerprint density at radius 1 is 1.05 bits per heavy atom. The number of nitrogens with two attached hydrogens (primary N) is 1.